The maximum Gasteiger partial charge on any atom is 0.407 e. The van der Waals surface area contributed by atoms with Gasteiger partial charge >= 0.3 is 12.1 Å². The molecule has 0 spiro atoms. The Labute approximate surface area is 369 Å². The number of rotatable bonds is 24. The summed E-state index contributed by atoms with van der Waals surface area (Å²) in [5.41, 5.74) is 3.72. The van der Waals surface area contributed by atoms with Crippen molar-refractivity contribution in [2.45, 2.75) is 25.7 Å². The molecule has 4 aliphatic rings. The van der Waals surface area contributed by atoms with Crippen molar-refractivity contribution in [2.75, 3.05) is 119 Å². The number of hydrogen-bond donors (Lipinski definition) is 3. The van der Waals surface area contributed by atoms with Crippen LogP contribution < -0.4 is 25.5 Å². The molecule has 3 aliphatic carbocycles. The standard InChI is InChI=1S/C48H60N4O11/c1-51(2)34-12-15-39-43(30-34)63-44-31-35(52(3)4)13-16-40(44)45(39)41-29-33(11-14-38(41)47(54)55)46(53)49-17-19-57-21-23-59-25-27-61-28-26-60-24-22-58-20-18-50-48(56)62-32-42-36-9-7-5-6-8-10-37(36)42/h11-16,29-31,36-37,42H,7-10,17-28,32H2,1-4H3,(H2-,49,50,53,54,55,56)/p+1. The minimum atomic E-state index is -1.10. The summed E-state index contributed by atoms with van der Waals surface area (Å²) < 4.78 is 41.6. The summed E-state index contributed by atoms with van der Waals surface area (Å²) in [7, 11) is 7.76. The van der Waals surface area contributed by atoms with Crippen molar-refractivity contribution in [3.05, 3.63) is 71.1 Å². The lowest BCUT2D eigenvalue weighted by molar-refractivity contribution is -0.0105. The minimum Gasteiger partial charge on any atom is -0.478 e. The number of carboxylic acids is 1. The van der Waals surface area contributed by atoms with E-state index < -0.39 is 12.1 Å². The molecule has 2 unspecified atom stereocenters. The van der Waals surface area contributed by atoms with Crippen LogP contribution >= 0.6 is 0 Å². The zero-order valence-corrected chi connectivity index (χ0v) is 36.9. The normalized spacial score (nSPS) is 16.6. The Morgan fingerprint density at radius 2 is 1.35 bits per heavy atom. The number of carbonyl (C=O) groups is 3. The fourth-order valence-corrected chi connectivity index (χ4v) is 7.84. The molecule has 6 rings (SSSR count). The van der Waals surface area contributed by atoms with E-state index in [9.17, 15) is 19.5 Å². The number of carboxylic acid groups (broad SMARTS) is 1. The number of alkyl carbamates (subject to hydrolysis) is 1. The molecule has 1 aliphatic heterocycles. The number of nitrogens with zero attached hydrogens (tertiary/aromatic N) is 2. The van der Waals surface area contributed by atoms with Gasteiger partial charge in [0.25, 0.3) is 5.91 Å². The third-order valence-electron chi connectivity index (χ3n) is 11.3. The topological polar surface area (TPSA) is 170 Å². The SMILES string of the molecule is CN(C)c1ccc2c(-c3cc(C(=O)NCCOCCOCCOCCOCCOCCNC(=O)OCC4C5CCC#CCCC54)ccc3C(=O)O)c3ccc(=[N+](C)C)cc-3oc2c1. The number of aromatic carboxylic acids is 1. The quantitative estimate of drug-likeness (QED) is 0.0375. The number of ether oxygens (including phenoxy) is 6. The van der Waals surface area contributed by atoms with Crippen LogP contribution in [0.4, 0.5) is 10.5 Å². The van der Waals surface area contributed by atoms with Gasteiger partial charge in [0.1, 0.15) is 25.4 Å². The van der Waals surface area contributed by atoms with Crippen LogP contribution in [0.5, 0.6) is 0 Å². The Morgan fingerprint density at radius 1 is 0.746 bits per heavy atom. The summed E-state index contributed by atoms with van der Waals surface area (Å²) in [6.45, 7) is 4.96. The number of amides is 2. The molecule has 2 atom stereocenters. The highest BCUT2D eigenvalue weighted by Crippen LogP contribution is 2.52. The van der Waals surface area contributed by atoms with Crippen LogP contribution in [0.2, 0.25) is 0 Å². The number of carbonyl (C=O) groups excluding carboxylic acids is 2. The highest BCUT2D eigenvalue weighted by Gasteiger charge is 2.49. The van der Waals surface area contributed by atoms with Gasteiger partial charge in [-0.1, -0.05) is 0 Å². The van der Waals surface area contributed by atoms with Crippen LogP contribution in [0.3, 0.4) is 0 Å². The summed E-state index contributed by atoms with van der Waals surface area (Å²) in [5.74, 6) is 7.31. The van der Waals surface area contributed by atoms with Crippen LogP contribution in [-0.2, 0) is 28.4 Å². The van der Waals surface area contributed by atoms with E-state index >= 15 is 0 Å². The number of nitrogens with one attached hydrogen (secondary N) is 2. The predicted octanol–water partition coefficient (Wildman–Crippen LogP) is 4.98. The Bertz CT molecular complexity index is 2260. The third-order valence-corrected chi connectivity index (χ3v) is 11.3. The van der Waals surface area contributed by atoms with Crippen molar-refractivity contribution in [1.82, 2.24) is 15.2 Å². The smallest absolute Gasteiger partial charge is 0.407 e. The third kappa shape index (κ3) is 13.5. The monoisotopic (exact) mass is 869 g/mol. The highest BCUT2D eigenvalue weighted by molar-refractivity contribution is 6.09. The highest BCUT2D eigenvalue weighted by atomic mass is 16.6. The molecular weight excluding hydrogens is 809 g/mol. The van der Waals surface area contributed by atoms with Crippen LogP contribution in [0.1, 0.15) is 46.4 Å². The van der Waals surface area contributed by atoms with Crippen LogP contribution in [0.15, 0.2) is 59.0 Å². The fourth-order valence-electron chi connectivity index (χ4n) is 7.84. The summed E-state index contributed by atoms with van der Waals surface area (Å²) in [4.78, 5) is 39.9. The van der Waals surface area contributed by atoms with E-state index in [4.69, 9.17) is 32.8 Å². The van der Waals surface area contributed by atoms with Crippen LogP contribution in [0.25, 0.3) is 33.4 Å². The molecule has 2 amide bonds. The fraction of sp³-hybridized carbons (Fsp3) is 0.500. The van der Waals surface area contributed by atoms with Crippen molar-refractivity contribution < 1.29 is 52.3 Å². The second-order valence-corrected chi connectivity index (χ2v) is 16.0. The lowest BCUT2D eigenvalue weighted by Gasteiger charge is -2.19. The van der Waals surface area contributed by atoms with Gasteiger partial charge in [-0.3, -0.25) is 4.79 Å². The first kappa shape index (κ1) is 47.0. The van der Waals surface area contributed by atoms with Crippen molar-refractivity contribution in [2.24, 2.45) is 17.8 Å². The van der Waals surface area contributed by atoms with E-state index in [-0.39, 0.29) is 24.6 Å². The minimum absolute atomic E-state index is 0.0712. The molecule has 15 heteroatoms. The molecule has 1 saturated carbocycles. The van der Waals surface area contributed by atoms with E-state index in [0.717, 1.165) is 47.7 Å². The molecular formula is C48H61N4O11+. The molecule has 0 aromatic heterocycles. The van der Waals surface area contributed by atoms with Crippen LogP contribution in [-0.4, -0.2) is 137 Å². The Morgan fingerprint density at radius 3 is 1.94 bits per heavy atom. The number of fused-ring (bicyclic) bond motifs is 3. The summed E-state index contributed by atoms with van der Waals surface area (Å²) >= 11 is 0. The molecule has 0 saturated heterocycles. The predicted molar refractivity (Wildman–Crippen MR) is 239 cm³/mol. The second-order valence-electron chi connectivity index (χ2n) is 16.0. The van der Waals surface area contributed by atoms with E-state index in [2.05, 4.69) is 22.5 Å². The van der Waals surface area contributed by atoms with Gasteiger partial charge in [-0.05, 0) is 72.6 Å². The zero-order chi connectivity index (χ0) is 44.6. The van der Waals surface area contributed by atoms with Crippen LogP contribution in [0, 0.1) is 29.6 Å². The molecule has 338 valence electrons. The van der Waals surface area contributed by atoms with Gasteiger partial charge in [0.15, 0.2) is 0 Å². The van der Waals surface area contributed by atoms with Crippen molar-refractivity contribution in [3.8, 4) is 34.3 Å². The zero-order valence-electron chi connectivity index (χ0n) is 36.9. The molecule has 0 bridgehead atoms. The average molecular weight is 870 g/mol. The van der Waals surface area contributed by atoms with Crippen molar-refractivity contribution >= 4 is 34.6 Å². The van der Waals surface area contributed by atoms with E-state index in [1.54, 1.807) is 6.07 Å². The lowest BCUT2D eigenvalue weighted by atomic mass is 9.89. The maximum absolute atomic E-state index is 13.3. The largest absolute Gasteiger partial charge is 0.478 e. The van der Waals surface area contributed by atoms with Crippen molar-refractivity contribution in [3.63, 3.8) is 0 Å². The second kappa shape index (κ2) is 23.8. The number of benzene rings is 3. The molecule has 1 heterocycles. The van der Waals surface area contributed by atoms with Crippen molar-refractivity contribution in [1.29, 1.82) is 0 Å². The summed E-state index contributed by atoms with van der Waals surface area (Å²) in [6.07, 6.45) is 3.71. The average Bonchev–Trinajstić information content (AvgIpc) is 3.92. The van der Waals surface area contributed by atoms with E-state index in [1.807, 2.05) is 74.1 Å². The number of anilines is 1. The Hall–Kier alpha value is -5.50. The summed E-state index contributed by atoms with van der Waals surface area (Å²) in [5, 5.41) is 17.5. The molecule has 0 radical (unpaired) electrons. The van der Waals surface area contributed by atoms with Gasteiger partial charge in [-0.15, -0.1) is 11.8 Å². The number of hydrogen-bond acceptors (Lipinski definition) is 11. The summed E-state index contributed by atoms with van der Waals surface area (Å²) in [6, 6.07) is 16.2. The molecule has 15 nitrogen and oxygen atoms in total. The van der Waals surface area contributed by atoms with Gasteiger partial charge in [-0.2, -0.15) is 0 Å². The van der Waals surface area contributed by atoms with Gasteiger partial charge in [0.05, 0.1) is 84.3 Å². The maximum atomic E-state index is 13.3. The molecule has 3 N–H and O–H groups in total. The first-order chi connectivity index (χ1) is 30.6. The molecule has 1 fully saturated rings. The van der Waals surface area contributed by atoms with Gasteiger partial charge in [0, 0.05) is 79.9 Å². The lowest BCUT2D eigenvalue weighted by Crippen LogP contribution is -2.29. The first-order valence-electron chi connectivity index (χ1n) is 21.7. The van der Waals surface area contributed by atoms with E-state index in [0.29, 0.717) is 118 Å². The molecule has 2 aromatic rings. The Kier molecular flexibility index (Phi) is 17.8. The van der Waals surface area contributed by atoms with Gasteiger partial charge < -0.3 is 53.5 Å². The first-order valence-corrected chi connectivity index (χ1v) is 21.7. The van der Waals surface area contributed by atoms with Gasteiger partial charge in [0.2, 0.25) is 5.36 Å². The molecule has 63 heavy (non-hydrogen) atoms. The van der Waals surface area contributed by atoms with E-state index in [1.165, 1.54) is 12.1 Å². The molecule has 2 aromatic carbocycles. The van der Waals surface area contributed by atoms with Gasteiger partial charge in [-0.25, -0.2) is 14.2 Å². The Balaban J connectivity index is 0.824.